The fraction of sp³-hybridized carbons (Fsp3) is 0.118. The van der Waals surface area contributed by atoms with E-state index in [1.807, 2.05) is 24.3 Å². The highest BCUT2D eigenvalue weighted by Gasteiger charge is 2.27. The van der Waals surface area contributed by atoms with Crippen molar-refractivity contribution in [2.45, 2.75) is 13.1 Å². The Morgan fingerprint density at radius 1 is 1.14 bits per heavy atom. The Kier molecular flexibility index (Phi) is 3.47. The average Bonchev–Trinajstić information content (AvgIpc) is 2.97. The normalized spacial score (nSPS) is 12.8. The number of benzene rings is 1. The van der Waals surface area contributed by atoms with Gasteiger partial charge in [-0.05, 0) is 17.2 Å². The van der Waals surface area contributed by atoms with Gasteiger partial charge in [0.2, 0.25) is 5.95 Å². The largest absolute Gasteiger partial charge is 0.368 e. The Labute approximate surface area is 128 Å². The molecule has 0 radical (unpaired) electrons. The molecule has 5 nitrogen and oxygen atoms in total. The summed E-state index contributed by atoms with van der Waals surface area (Å²) in [7, 11) is 0. The van der Waals surface area contributed by atoms with Crippen molar-refractivity contribution < 1.29 is 4.79 Å². The summed E-state index contributed by atoms with van der Waals surface area (Å²) in [5, 5.41) is 0. The van der Waals surface area contributed by atoms with Crippen LogP contribution in [0.2, 0.25) is 0 Å². The number of nitrogen functional groups attached to an aromatic ring is 1. The molecule has 0 unspecified atom stereocenters. The van der Waals surface area contributed by atoms with Gasteiger partial charge in [0.25, 0.3) is 5.91 Å². The molecule has 0 aliphatic carbocycles. The third-order valence-corrected chi connectivity index (χ3v) is 3.72. The lowest BCUT2D eigenvalue weighted by Gasteiger charge is -2.17. The minimum absolute atomic E-state index is 0.0561. The Balaban J connectivity index is 1.99. The second-order valence-electron chi connectivity index (χ2n) is 5.07. The second-order valence-corrected chi connectivity index (χ2v) is 5.07. The zero-order chi connectivity index (χ0) is 15.7. The van der Waals surface area contributed by atoms with Crippen molar-refractivity contribution in [2.24, 2.45) is 0 Å². The summed E-state index contributed by atoms with van der Waals surface area (Å²) in [5.74, 6) is -0.121. The second kappa shape index (κ2) is 5.44. The van der Waals surface area contributed by atoms with Crippen LogP contribution < -0.4 is 5.73 Å². The van der Waals surface area contributed by atoms with Crippen molar-refractivity contribution in [1.82, 2.24) is 14.9 Å². The number of carbonyl (C=O) groups is 1. The van der Waals surface area contributed by atoms with Crippen LogP contribution in [0.25, 0.3) is 12.2 Å². The zero-order valence-corrected chi connectivity index (χ0v) is 12.1. The molecule has 0 atom stereocenters. The van der Waals surface area contributed by atoms with E-state index in [4.69, 9.17) is 5.73 Å². The summed E-state index contributed by atoms with van der Waals surface area (Å²) in [6.45, 7) is 8.57. The molecule has 1 aromatic carbocycles. The van der Waals surface area contributed by atoms with E-state index in [2.05, 4.69) is 23.1 Å². The fourth-order valence-electron chi connectivity index (χ4n) is 2.65. The number of amides is 1. The smallest absolute Gasteiger partial charge is 0.273 e. The van der Waals surface area contributed by atoms with E-state index in [9.17, 15) is 4.79 Å². The highest BCUT2D eigenvalue weighted by molar-refractivity contribution is 5.97. The van der Waals surface area contributed by atoms with Crippen LogP contribution in [0.15, 0.2) is 37.4 Å². The van der Waals surface area contributed by atoms with E-state index >= 15 is 0 Å². The molecule has 0 saturated carbocycles. The number of carbonyl (C=O) groups excluding carboxylic acids is 1. The van der Waals surface area contributed by atoms with Crippen molar-refractivity contribution in [3.8, 4) is 0 Å². The van der Waals surface area contributed by atoms with Gasteiger partial charge in [0.1, 0.15) is 5.69 Å². The summed E-state index contributed by atoms with van der Waals surface area (Å²) in [6.07, 6.45) is 3.11. The maximum atomic E-state index is 12.8. The van der Waals surface area contributed by atoms with E-state index in [1.165, 1.54) is 0 Å². The molecular formula is C17H16N4O. The van der Waals surface area contributed by atoms with Gasteiger partial charge >= 0.3 is 0 Å². The van der Waals surface area contributed by atoms with Crippen LogP contribution in [0.3, 0.4) is 0 Å². The molecule has 0 saturated heterocycles. The van der Waals surface area contributed by atoms with Crippen LogP contribution in [0, 0.1) is 0 Å². The van der Waals surface area contributed by atoms with Gasteiger partial charge in [0.05, 0.1) is 5.69 Å². The molecule has 3 rings (SSSR count). The van der Waals surface area contributed by atoms with E-state index in [1.54, 1.807) is 17.1 Å². The molecule has 5 heteroatoms. The Morgan fingerprint density at radius 2 is 1.77 bits per heavy atom. The third kappa shape index (κ3) is 2.26. The molecule has 0 spiro atoms. The van der Waals surface area contributed by atoms with Gasteiger partial charge in [0.15, 0.2) is 0 Å². The fourth-order valence-corrected chi connectivity index (χ4v) is 2.65. The predicted octanol–water partition coefficient (Wildman–Crippen LogP) is 2.50. The number of hydrogen-bond acceptors (Lipinski definition) is 4. The first kappa shape index (κ1) is 14.0. The molecule has 0 bridgehead atoms. The maximum absolute atomic E-state index is 12.8. The van der Waals surface area contributed by atoms with Gasteiger partial charge in [-0.25, -0.2) is 9.97 Å². The summed E-state index contributed by atoms with van der Waals surface area (Å²) in [6, 6.07) is 8.00. The number of anilines is 1. The number of hydrogen-bond donors (Lipinski definition) is 1. The maximum Gasteiger partial charge on any atom is 0.273 e. The van der Waals surface area contributed by atoms with Gasteiger partial charge in [0, 0.05) is 18.7 Å². The number of nitrogens with two attached hydrogens (primary N) is 1. The molecule has 2 N–H and O–H groups in total. The van der Waals surface area contributed by atoms with Crippen molar-refractivity contribution in [3.05, 3.63) is 65.5 Å². The Bertz CT molecular complexity index is 757. The Morgan fingerprint density at radius 3 is 2.32 bits per heavy atom. The van der Waals surface area contributed by atoms with E-state index in [0.717, 1.165) is 11.1 Å². The minimum atomic E-state index is -0.177. The molecule has 2 aromatic rings. The van der Waals surface area contributed by atoms with Crippen molar-refractivity contribution in [2.75, 3.05) is 5.73 Å². The molecule has 1 aromatic heterocycles. The quantitative estimate of drug-likeness (QED) is 0.943. The van der Waals surface area contributed by atoms with Gasteiger partial charge in [-0.2, -0.15) is 0 Å². The molecular weight excluding hydrogens is 276 g/mol. The lowest BCUT2D eigenvalue weighted by Crippen LogP contribution is -2.27. The topological polar surface area (TPSA) is 72.1 Å². The standard InChI is InChI=1S/C17H16N4O/c1-3-13-14(4-2)19-17(18)20-15(13)16(22)21-9-11-7-5-6-8-12(11)10-21/h3-8H,1-2,9-10H2,(H2,18,19,20). The van der Waals surface area contributed by atoms with Crippen LogP contribution >= 0.6 is 0 Å². The molecule has 110 valence electrons. The zero-order valence-electron chi connectivity index (χ0n) is 12.1. The van der Waals surface area contributed by atoms with Crippen LogP contribution in [0.1, 0.15) is 32.9 Å². The van der Waals surface area contributed by atoms with Crippen molar-refractivity contribution >= 4 is 24.0 Å². The highest BCUT2D eigenvalue weighted by atomic mass is 16.2. The van der Waals surface area contributed by atoms with Crippen LogP contribution in [0.4, 0.5) is 5.95 Å². The van der Waals surface area contributed by atoms with Crippen LogP contribution in [0.5, 0.6) is 0 Å². The average molecular weight is 292 g/mol. The predicted molar refractivity (Wildman–Crippen MR) is 86.6 cm³/mol. The van der Waals surface area contributed by atoms with Crippen LogP contribution in [-0.2, 0) is 13.1 Å². The summed E-state index contributed by atoms with van der Waals surface area (Å²) in [4.78, 5) is 22.8. The molecule has 2 heterocycles. The lowest BCUT2D eigenvalue weighted by atomic mass is 10.1. The van der Waals surface area contributed by atoms with Gasteiger partial charge in [-0.15, -0.1) is 0 Å². The van der Waals surface area contributed by atoms with E-state index < -0.39 is 0 Å². The number of fused-ring (bicyclic) bond motifs is 1. The van der Waals surface area contributed by atoms with Crippen molar-refractivity contribution in [1.29, 1.82) is 0 Å². The van der Waals surface area contributed by atoms with Gasteiger partial charge in [-0.1, -0.05) is 43.5 Å². The summed E-state index contributed by atoms with van der Waals surface area (Å²) in [5.41, 5.74) is 9.36. The van der Waals surface area contributed by atoms with Crippen molar-refractivity contribution in [3.63, 3.8) is 0 Å². The van der Waals surface area contributed by atoms with Crippen LogP contribution in [-0.4, -0.2) is 20.8 Å². The first-order valence-electron chi connectivity index (χ1n) is 6.92. The summed E-state index contributed by atoms with van der Waals surface area (Å²) < 4.78 is 0. The SMILES string of the molecule is C=Cc1nc(N)nc(C(=O)N2Cc3ccccc3C2)c1C=C. The molecule has 0 fully saturated rings. The third-order valence-electron chi connectivity index (χ3n) is 3.72. The highest BCUT2D eigenvalue weighted by Crippen LogP contribution is 2.25. The van der Waals surface area contributed by atoms with E-state index in [0.29, 0.717) is 24.3 Å². The minimum Gasteiger partial charge on any atom is -0.368 e. The molecule has 1 aliphatic rings. The first-order valence-corrected chi connectivity index (χ1v) is 6.92. The molecule has 22 heavy (non-hydrogen) atoms. The number of aromatic nitrogens is 2. The Hall–Kier alpha value is -2.95. The number of nitrogens with zero attached hydrogens (tertiary/aromatic N) is 3. The number of rotatable bonds is 3. The lowest BCUT2D eigenvalue weighted by molar-refractivity contribution is 0.0745. The van der Waals surface area contributed by atoms with E-state index in [-0.39, 0.29) is 17.5 Å². The summed E-state index contributed by atoms with van der Waals surface area (Å²) >= 11 is 0. The first-order chi connectivity index (χ1) is 10.6. The monoisotopic (exact) mass is 292 g/mol. The van der Waals surface area contributed by atoms with Gasteiger partial charge < -0.3 is 10.6 Å². The molecule has 1 aliphatic heterocycles. The van der Waals surface area contributed by atoms with Gasteiger partial charge in [-0.3, -0.25) is 4.79 Å². The molecule has 1 amide bonds.